The van der Waals surface area contributed by atoms with Crippen LogP contribution in [0.4, 0.5) is 5.69 Å². The van der Waals surface area contributed by atoms with Crippen molar-refractivity contribution in [3.63, 3.8) is 0 Å². The van der Waals surface area contributed by atoms with Crippen molar-refractivity contribution in [3.8, 4) is 0 Å². The average Bonchev–Trinajstić information content (AvgIpc) is 2.32. The number of amides is 2. The quantitative estimate of drug-likeness (QED) is 0.585. The zero-order chi connectivity index (χ0) is 11.5. The number of fused-ring (bicyclic) bond motifs is 1. The summed E-state index contributed by atoms with van der Waals surface area (Å²) in [6.45, 7) is -0.160. The molecule has 1 aromatic rings. The number of anilines is 1. The summed E-state index contributed by atoms with van der Waals surface area (Å²) in [4.78, 5) is 25.1. The van der Waals surface area contributed by atoms with Crippen LogP contribution < -0.4 is 10.4 Å². The van der Waals surface area contributed by atoms with Crippen molar-refractivity contribution in [3.05, 3.63) is 24.3 Å². The van der Waals surface area contributed by atoms with Crippen LogP contribution in [0.3, 0.4) is 0 Å². The molecule has 5 nitrogen and oxygen atoms in total. The molecule has 0 radical (unpaired) electrons. The number of nitrogens with zero attached hydrogens (tertiary/aromatic N) is 1. The summed E-state index contributed by atoms with van der Waals surface area (Å²) in [5.74, 6) is -0.419. The van der Waals surface area contributed by atoms with Crippen LogP contribution in [0, 0.1) is 0 Å². The van der Waals surface area contributed by atoms with Crippen molar-refractivity contribution in [2.24, 2.45) is 0 Å². The predicted octanol–water partition coefficient (Wildman–Crippen LogP) is 0.631. The molecule has 0 bridgehead atoms. The van der Waals surface area contributed by atoms with E-state index < -0.39 is 5.91 Å². The van der Waals surface area contributed by atoms with E-state index in [1.807, 2.05) is 18.2 Å². The molecule has 1 heterocycles. The van der Waals surface area contributed by atoms with Gasteiger partial charge in [0.05, 0.1) is 11.4 Å². The molecule has 6 heteroatoms. The maximum absolute atomic E-state index is 11.7. The highest BCUT2D eigenvalue weighted by Crippen LogP contribution is 2.34. The van der Waals surface area contributed by atoms with Gasteiger partial charge in [-0.3, -0.25) is 14.8 Å². The average molecular weight is 238 g/mol. The third kappa shape index (κ3) is 2.02. The van der Waals surface area contributed by atoms with Crippen LogP contribution in [-0.2, 0) is 9.59 Å². The van der Waals surface area contributed by atoms with Crippen molar-refractivity contribution in [2.45, 2.75) is 4.90 Å². The van der Waals surface area contributed by atoms with Gasteiger partial charge < -0.3 is 4.90 Å². The fraction of sp³-hybridized carbons (Fsp3) is 0.200. The maximum atomic E-state index is 11.7. The van der Waals surface area contributed by atoms with Crippen LogP contribution in [0.1, 0.15) is 0 Å². The molecule has 0 saturated carbocycles. The number of thioether (sulfide) groups is 1. The van der Waals surface area contributed by atoms with Crippen LogP contribution in [0.15, 0.2) is 29.2 Å². The van der Waals surface area contributed by atoms with Crippen molar-refractivity contribution < 1.29 is 14.8 Å². The largest absolute Gasteiger partial charge is 0.301 e. The van der Waals surface area contributed by atoms with Gasteiger partial charge in [0.1, 0.15) is 6.54 Å². The van der Waals surface area contributed by atoms with Crippen LogP contribution >= 0.6 is 11.8 Å². The molecule has 0 aromatic heterocycles. The Bertz CT molecular complexity index is 436. The minimum atomic E-state index is -0.602. The number of carbonyl (C=O) groups excluding carboxylic acids is 2. The number of nitrogens with one attached hydrogen (secondary N) is 1. The van der Waals surface area contributed by atoms with E-state index in [1.54, 1.807) is 6.07 Å². The lowest BCUT2D eigenvalue weighted by Gasteiger charge is -2.27. The van der Waals surface area contributed by atoms with E-state index in [4.69, 9.17) is 5.21 Å². The highest BCUT2D eigenvalue weighted by Gasteiger charge is 2.25. The van der Waals surface area contributed by atoms with Crippen LogP contribution in [0.25, 0.3) is 0 Å². The SMILES string of the molecule is O=C(CN1C(=O)CSc2ccccc21)NO. The number of carbonyl (C=O) groups is 2. The fourth-order valence-electron chi connectivity index (χ4n) is 1.51. The third-order valence-electron chi connectivity index (χ3n) is 2.23. The molecule has 0 unspecified atom stereocenters. The number of benzene rings is 1. The monoisotopic (exact) mass is 238 g/mol. The summed E-state index contributed by atoms with van der Waals surface area (Å²) in [6, 6.07) is 7.37. The zero-order valence-electron chi connectivity index (χ0n) is 8.34. The van der Waals surface area contributed by atoms with E-state index >= 15 is 0 Å². The van der Waals surface area contributed by atoms with Gasteiger partial charge in [-0.05, 0) is 12.1 Å². The van der Waals surface area contributed by atoms with Gasteiger partial charge in [-0.25, -0.2) is 5.48 Å². The molecule has 2 N–H and O–H groups in total. The lowest BCUT2D eigenvalue weighted by Crippen LogP contribution is -2.42. The minimum absolute atomic E-state index is 0.132. The highest BCUT2D eigenvalue weighted by atomic mass is 32.2. The molecule has 84 valence electrons. The Morgan fingerprint density at radius 2 is 2.25 bits per heavy atom. The van der Waals surface area contributed by atoms with E-state index in [-0.39, 0.29) is 12.5 Å². The van der Waals surface area contributed by atoms with E-state index in [0.717, 1.165) is 4.90 Å². The normalized spacial score (nSPS) is 14.6. The molecule has 1 aromatic carbocycles. The Kier molecular flexibility index (Phi) is 3.12. The molecule has 1 aliphatic rings. The standard InChI is InChI=1S/C10H10N2O3S/c13-9(11-15)5-12-7-3-1-2-4-8(7)16-6-10(12)14/h1-4,15H,5-6H2,(H,11,13). The fourth-order valence-corrected chi connectivity index (χ4v) is 2.44. The molecule has 16 heavy (non-hydrogen) atoms. The van der Waals surface area contributed by atoms with E-state index in [2.05, 4.69) is 0 Å². The first-order chi connectivity index (χ1) is 7.72. The molecular formula is C10H10N2O3S. The summed E-state index contributed by atoms with van der Waals surface area (Å²) < 4.78 is 0. The smallest absolute Gasteiger partial charge is 0.263 e. The van der Waals surface area contributed by atoms with Gasteiger partial charge in [-0.1, -0.05) is 12.1 Å². The molecule has 1 aliphatic heterocycles. The summed E-state index contributed by atoms with van der Waals surface area (Å²) >= 11 is 1.45. The van der Waals surface area contributed by atoms with Crippen LogP contribution in [0.2, 0.25) is 0 Å². The number of hydroxylamine groups is 1. The molecule has 0 fully saturated rings. The molecule has 2 amide bonds. The summed E-state index contributed by atoms with van der Waals surface area (Å²) in [6.07, 6.45) is 0. The number of para-hydroxylation sites is 1. The van der Waals surface area contributed by atoms with E-state index in [0.29, 0.717) is 11.4 Å². The van der Waals surface area contributed by atoms with E-state index in [9.17, 15) is 9.59 Å². The Hall–Kier alpha value is -1.53. The number of hydrogen-bond acceptors (Lipinski definition) is 4. The summed E-state index contributed by atoms with van der Waals surface area (Å²) in [7, 11) is 0. The summed E-state index contributed by atoms with van der Waals surface area (Å²) in [5.41, 5.74) is 2.24. The first-order valence-corrected chi connectivity index (χ1v) is 5.66. The van der Waals surface area contributed by atoms with Gasteiger partial charge in [0.25, 0.3) is 5.91 Å². The van der Waals surface area contributed by atoms with Gasteiger partial charge in [-0.15, -0.1) is 11.8 Å². The second-order valence-electron chi connectivity index (χ2n) is 3.27. The number of rotatable bonds is 2. The lowest BCUT2D eigenvalue weighted by molar-refractivity contribution is -0.129. The van der Waals surface area contributed by atoms with E-state index in [1.165, 1.54) is 22.1 Å². The van der Waals surface area contributed by atoms with Gasteiger partial charge >= 0.3 is 0 Å². The van der Waals surface area contributed by atoms with Crippen molar-refractivity contribution in [1.29, 1.82) is 0 Å². The Labute approximate surface area is 96.4 Å². The Morgan fingerprint density at radius 1 is 1.50 bits per heavy atom. The third-order valence-corrected chi connectivity index (χ3v) is 3.28. The second-order valence-corrected chi connectivity index (χ2v) is 4.29. The zero-order valence-corrected chi connectivity index (χ0v) is 9.16. The molecule has 0 spiro atoms. The van der Waals surface area contributed by atoms with Gasteiger partial charge in [0, 0.05) is 4.90 Å². The van der Waals surface area contributed by atoms with Crippen molar-refractivity contribution in [2.75, 3.05) is 17.2 Å². The maximum Gasteiger partial charge on any atom is 0.263 e. The molecule has 0 aliphatic carbocycles. The van der Waals surface area contributed by atoms with Crippen LogP contribution in [0.5, 0.6) is 0 Å². The van der Waals surface area contributed by atoms with Gasteiger partial charge in [-0.2, -0.15) is 0 Å². The lowest BCUT2D eigenvalue weighted by atomic mass is 10.2. The first-order valence-electron chi connectivity index (χ1n) is 4.67. The van der Waals surface area contributed by atoms with Gasteiger partial charge in [0.15, 0.2) is 0 Å². The van der Waals surface area contributed by atoms with Gasteiger partial charge in [0.2, 0.25) is 5.91 Å². The first kappa shape index (κ1) is 11.0. The second kappa shape index (κ2) is 4.54. The number of hydrogen-bond donors (Lipinski definition) is 2. The minimum Gasteiger partial charge on any atom is -0.301 e. The topological polar surface area (TPSA) is 69.6 Å². The van der Waals surface area contributed by atoms with Crippen molar-refractivity contribution >= 4 is 29.3 Å². The highest BCUT2D eigenvalue weighted by molar-refractivity contribution is 8.00. The molecular weight excluding hydrogens is 228 g/mol. The molecule has 0 saturated heterocycles. The van der Waals surface area contributed by atoms with Crippen LogP contribution in [-0.4, -0.2) is 29.3 Å². The summed E-state index contributed by atoms with van der Waals surface area (Å²) in [5, 5.41) is 8.46. The predicted molar refractivity (Wildman–Crippen MR) is 59.4 cm³/mol. The Balaban J connectivity index is 2.29. The van der Waals surface area contributed by atoms with Crippen molar-refractivity contribution in [1.82, 2.24) is 5.48 Å². The Morgan fingerprint density at radius 3 is 3.00 bits per heavy atom. The molecule has 0 atom stereocenters. The molecule has 2 rings (SSSR count).